The van der Waals surface area contributed by atoms with Gasteiger partial charge in [0, 0.05) is 6.54 Å². The van der Waals surface area contributed by atoms with Crippen molar-refractivity contribution in [3.05, 3.63) is 28.8 Å². The number of urea groups is 1. The second-order valence-electron chi connectivity index (χ2n) is 3.65. The Hall–Kier alpha value is -2.19. The number of nitrogens with one attached hydrogen (secondary N) is 1. The van der Waals surface area contributed by atoms with E-state index in [1.807, 2.05) is 0 Å². The Kier molecular flexibility index (Phi) is 5.22. The monoisotopic (exact) mass is 280 g/mol. The summed E-state index contributed by atoms with van der Waals surface area (Å²) in [6.07, 6.45) is 5.15. The summed E-state index contributed by atoms with van der Waals surface area (Å²) < 4.78 is 0. The Morgan fingerprint density at radius 1 is 1.53 bits per heavy atom. The molecule has 0 aromatic heterocycles. The van der Waals surface area contributed by atoms with Crippen molar-refractivity contribution in [1.29, 1.82) is 0 Å². The molecule has 0 saturated carbocycles. The second kappa shape index (κ2) is 6.66. The molecule has 0 spiro atoms. The van der Waals surface area contributed by atoms with E-state index in [0.29, 0.717) is 6.54 Å². The molecule has 1 aromatic carbocycles. The third kappa shape index (κ3) is 3.90. The second-order valence-corrected chi connectivity index (χ2v) is 4.06. The number of anilines is 1. The number of amides is 2. The maximum Gasteiger partial charge on any atom is 0.335 e. The molecular formula is C13H13ClN2O3. The van der Waals surface area contributed by atoms with Crippen LogP contribution in [-0.4, -0.2) is 35.1 Å². The highest BCUT2D eigenvalue weighted by atomic mass is 35.5. The molecule has 0 heterocycles. The van der Waals surface area contributed by atoms with Gasteiger partial charge in [0.15, 0.2) is 0 Å². The minimum absolute atomic E-state index is 0.0414. The van der Waals surface area contributed by atoms with Crippen molar-refractivity contribution in [2.75, 3.05) is 18.4 Å². The molecule has 0 unspecified atom stereocenters. The van der Waals surface area contributed by atoms with Crippen molar-refractivity contribution in [2.45, 2.75) is 6.92 Å². The van der Waals surface area contributed by atoms with Crippen LogP contribution in [0, 0.1) is 12.3 Å². The molecule has 2 N–H and O–H groups in total. The third-order valence-corrected chi connectivity index (χ3v) is 2.74. The van der Waals surface area contributed by atoms with E-state index in [-0.39, 0.29) is 22.8 Å². The molecule has 100 valence electrons. The van der Waals surface area contributed by atoms with Gasteiger partial charge in [0.1, 0.15) is 0 Å². The van der Waals surface area contributed by atoms with Gasteiger partial charge in [-0.3, -0.25) is 0 Å². The van der Waals surface area contributed by atoms with Crippen LogP contribution in [0.25, 0.3) is 0 Å². The topological polar surface area (TPSA) is 69.6 Å². The molecule has 0 saturated heterocycles. The largest absolute Gasteiger partial charge is 0.478 e. The summed E-state index contributed by atoms with van der Waals surface area (Å²) in [5.74, 6) is 1.27. The summed E-state index contributed by atoms with van der Waals surface area (Å²) in [5, 5.41) is 11.7. The highest BCUT2D eigenvalue weighted by Crippen LogP contribution is 2.23. The number of carboxylic acid groups (broad SMARTS) is 1. The molecule has 0 atom stereocenters. The Morgan fingerprint density at radius 3 is 2.74 bits per heavy atom. The van der Waals surface area contributed by atoms with Gasteiger partial charge < -0.3 is 15.3 Å². The number of hydrogen-bond acceptors (Lipinski definition) is 2. The molecule has 0 aliphatic heterocycles. The number of terminal acetylenes is 1. The van der Waals surface area contributed by atoms with Gasteiger partial charge in [0.25, 0.3) is 0 Å². The molecule has 1 aromatic rings. The first-order valence-corrected chi connectivity index (χ1v) is 5.89. The Labute approximate surface area is 116 Å². The fourth-order valence-corrected chi connectivity index (χ4v) is 1.55. The molecular weight excluding hydrogens is 268 g/mol. The number of carbonyl (C=O) groups is 2. The van der Waals surface area contributed by atoms with E-state index >= 15 is 0 Å². The van der Waals surface area contributed by atoms with Crippen molar-refractivity contribution in [3.63, 3.8) is 0 Å². The minimum Gasteiger partial charge on any atom is -0.478 e. The molecule has 1 rings (SSSR count). The smallest absolute Gasteiger partial charge is 0.335 e. The first-order valence-electron chi connectivity index (χ1n) is 5.51. The van der Waals surface area contributed by atoms with Crippen molar-refractivity contribution in [1.82, 2.24) is 4.90 Å². The van der Waals surface area contributed by atoms with Crippen LogP contribution in [0.1, 0.15) is 17.3 Å². The number of nitrogens with zero attached hydrogens (tertiary/aromatic N) is 1. The standard InChI is InChI=1S/C13H13ClN2O3/c1-3-7-16(4-2)13(19)15-11-8-9(12(17)18)5-6-10(11)14/h1,5-6,8H,4,7H2,2H3,(H,15,19)(H,17,18). The van der Waals surface area contributed by atoms with Crippen molar-refractivity contribution in [3.8, 4) is 12.3 Å². The van der Waals surface area contributed by atoms with Gasteiger partial charge in [-0.15, -0.1) is 6.42 Å². The van der Waals surface area contributed by atoms with Crippen LogP contribution in [-0.2, 0) is 0 Å². The zero-order valence-electron chi connectivity index (χ0n) is 10.3. The SMILES string of the molecule is C#CCN(CC)C(=O)Nc1cc(C(=O)O)ccc1Cl. The van der Waals surface area contributed by atoms with Crippen LogP contribution in [0.4, 0.5) is 10.5 Å². The molecule has 19 heavy (non-hydrogen) atoms. The van der Waals surface area contributed by atoms with Gasteiger partial charge in [-0.1, -0.05) is 17.5 Å². The Morgan fingerprint density at radius 2 is 2.21 bits per heavy atom. The zero-order chi connectivity index (χ0) is 14.4. The van der Waals surface area contributed by atoms with E-state index < -0.39 is 12.0 Å². The quantitative estimate of drug-likeness (QED) is 0.833. The third-order valence-electron chi connectivity index (χ3n) is 2.41. The summed E-state index contributed by atoms with van der Waals surface area (Å²) in [4.78, 5) is 24.1. The van der Waals surface area contributed by atoms with Crippen LogP contribution in [0.3, 0.4) is 0 Å². The van der Waals surface area contributed by atoms with E-state index in [0.717, 1.165) is 0 Å². The molecule has 0 aliphatic rings. The highest BCUT2D eigenvalue weighted by Gasteiger charge is 2.13. The normalized spacial score (nSPS) is 9.53. The average Bonchev–Trinajstić information content (AvgIpc) is 2.38. The number of carbonyl (C=O) groups excluding carboxylic acids is 1. The first-order chi connectivity index (χ1) is 8.99. The fraction of sp³-hybridized carbons (Fsp3) is 0.231. The lowest BCUT2D eigenvalue weighted by atomic mass is 10.2. The molecule has 0 radical (unpaired) electrons. The minimum atomic E-state index is -1.09. The van der Waals surface area contributed by atoms with Crippen molar-refractivity contribution in [2.24, 2.45) is 0 Å². The van der Waals surface area contributed by atoms with Crippen molar-refractivity contribution >= 4 is 29.3 Å². The lowest BCUT2D eigenvalue weighted by Crippen LogP contribution is -2.35. The number of hydrogen-bond donors (Lipinski definition) is 2. The summed E-state index contributed by atoms with van der Waals surface area (Å²) in [6.45, 7) is 2.39. The number of rotatable bonds is 4. The predicted octanol–water partition coefficient (Wildman–Crippen LogP) is 2.53. The molecule has 2 amide bonds. The highest BCUT2D eigenvalue weighted by molar-refractivity contribution is 6.33. The van der Waals surface area contributed by atoms with Gasteiger partial charge in [0.2, 0.25) is 0 Å². The predicted molar refractivity (Wildman–Crippen MR) is 73.5 cm³/mol. The molecule has 0 fully saturated rings. The van der Waals surface area contributed by atoms with Gasteiger partial charge in [0.05, 0.1) is 22.8 Å². The molecule has 5 nitrogen and oxygen atoms in total. The summed E-state index contributed by atoms with van der Waals surface area (Å²) in [5.41, 5.74) is 0.279. The molecule has 0 bridgehead atoms. The number of halogens is 1. The van der Waals surface area contributed by atoms with Crippen LogP contribution in [0.2, 0.25) is 5.02 Å². The Balaban J connectivity index is 2.92. The lowest BCUT2D eigenvalue weighted by molar-refractivity contribution is 0.0697. The van der Waals surface area contributed by atoms with E-state index in [2.05, 4.69) is 11.2 Å². The van der Waals surface area contributed by atoms with Crippen LogP contribution in [0.5, 0.6) is 0 Å². The molecule has 0 aliphatic carbocycles. The van der Waals surface area contributed by atoms with E-state index in [1.165, 1.54) is 23.1 Å². The fourth-order valence-electron chi connectivity index (χ4n) is 1.39. The average molecular weight is 281 g/mol. The number of aromatic carboxylic acids is 1. The Bertz CT molecular complexity index is 537. The van der Waals surface area contributed by atoms with Gasteiger partial charge >= 0.3 is 12.0 Å². The van der Waals surface area contributed by atoms with Gasteiger partial charge in [-0.25, -0.2) is 9.59 Å². The van der Waals surface area contributed by atoms with Crippen LogP contribution < -0.4 is 5.32 Å². The van der Waals surface area contributed by atoms with Crippen LogP contribution >= 0.6 is 11.6 Å². The lowest BCUT2D eigenvalue weighted by Gasteiger charge is -2.19. The number of carboxylic acids is 1. The van der Waals surface area contributed by atoms with E-state index in [4.69, 9.17) is 23.1 Å². The van der Waals surface area contributed by atoms with E-state index in [1.54, 1.807) is 6.92 Å². The number of benzene rings is 1. The zero-order valence-corrected chi connectivity index (χ0v) is 11.1. The molecule has 6 heteroatoms. The maximum atomic E-state index is 11.9. The summed E-state index contributed by atoms with van der Waals surface area (Å²) in [6, 6.07) is 3.65. The first kappa shape index (κ1) is 14.9. The maximum absolute atomic E-state index is 11.9. The van der Waals surface area contributed by atoms with Gasteiger partial charge in [-0.2, -0.15) is 0 Å². The van der Waals surface area contributed by atoms with Crippen molar-refractivity contribution < 1.29 is 14.7 Å². The summed E-state index contributed by atoms with van der Waals surface area (Å²) >= 11 is 5.90. The van der Waals surface area contributed by atoms with Gasteiger partial charge in [-0.05, 0) is 25.1 Å². The summed E-state index contributed by atoms with van der Waals surface area (Å²) in [7, 11) is 0. The van der Waals surface area contributed by atoms with Crippen LogP contribution in [0.15, 0.2) is 18.2 Å². The van der Waals surface area contributed by atoms with E-state index in [9.17, 15) is 9.59 Å².